The lowest BCUT2D eigenvalue weighted by Crippen LogP contribution is -2.28. The van der Waals surface area contributed by atoms with Crippen molar-refractivity contribution in [1.29, 1.82) is 0 Å². The van der Waals surface area contributed by atoms with Gasteiger partial charge in [-0.25, -0.2) is 9.78 Å². The Morgan fingerprint density at radius 3 is 3.00 bits per heavy atom. The first-order valence-electron chi connectivity index (χ1n) is 8.73. The number of carbonyl (C=O) groups excluding carboxylic acids is 1. The Morgan fingerprint density at radius 2 is 2.15 bits per heavy atom. The minimum Gasteiger partial charge on any atom is -0.497 e. The van der Waals surface area contributed by atoms with E-state index in [-0.39, 0.29) is 12.7 Å². The minimum absolute atomic E-state index is 0.0374. The van der Waals surface area contributed by atoms with E-state index in [9.17, 15) is 4.79 Å². The molecule has 1 aliphatic rings. The van der Waals surface area contributed by atoms with Gasteiger partial charge in [0.2, 0.25) is 0 Å². The van der Waals surface area contributed by atoms with Crippen molar-refractivity contribution in [2.24, 2.45) is 0 Å². The van der Waals surface area contributed by atoms with Gasteiger partial charge in [0, 0.05) is 30.5 Å². The number of methoxy groups -OCH3 is 1. The highest BCUT2D eigenvalue weighted by molar-refractivity contribution is 5.93. The van der Waals surface area contributed by atoms with Crippen LogP contribution in [0.2, 0.25) is 0 Å². The van der Waals surface area contributed by atoms with E-state index >= 15 is 0 Å². The van der Waals surface area contributed by atoms with Crippen molar-refractivity contribution in [1.82, 2.24) is 20.5 Å². The van der Waals surface area contributed by atoms with E-state index in [1.165, 1.54) is 0 Å². The van der Waals surface area contributed by atoms with E-state index < -0.39 is 6.09 Å². The summed E-state index contributed by atoms with van der Waals surface area (Å²) in [4.78, 5) is 16.5. The number of hydrogen-bond acceptors (Lipinski definition) is 6. The molecule has 2 aromatic heterocycles. The van der Waals surface area contributed by atoms with Crippen LogP contribution in [-0.4, -0.2) is 41.0 Å². The quantitative estimate of drug-likeness (QED) is 0.685. The number of nitrogens with zero attached hydrogens (tertiary/aromatic N) is 2. The van der Waals surface area contributed by atoms with E-state index in [1.807, 2.05) is 25.1 Å². The van der Waals surface area contributed by atoms with Crippen molar-refractivity contribution in [2.75, 3.05) is 13.7 Å². The molecule has 0 saturated carbocycles. The summed E-state index contributed by atoms with van der Waals surface area (Å²) in [6.45, 7) is 2.45. The standard InChI is InChI=1S/C19H20N4O4/c1-11-5-6-20-19(24)26-10-12-7-14(25-2)9-17(21-12)18-15-8-13(27-11)3-4-16(15)22-23-18/h3-4,7-9,11H,5-6,10H2,1-2H3,(H,20,24)(H,22,23)/t11-/m1/s1. The molecule has 3 aromatic rings. The highest BCUT2D eigenvalue weighted by Gasteiger charge is 2.16. The van der Waals surface area contributed by atoms with Gasteiger partial charge < -0.3 is 19.5 Å². The molecule has 0 radical (unpaired) electrons. The predicted octanol–water partition coefficient (Wildman–Crippen LogP) is 3.03. The largest absolute Gasteiger partial charge is 0.497 e. The maximum Gasteiger partial charge on any atom is 0.407 e. The molecular formula is C19H20N4O4. The lowest BCUT2D eigenvalue weighted by molar-refractivity contribution is 0.136. The second-order valence-corrected chi connectivity index (χ2v) is 6.38. The second kappa shape index (κ2) is 7.14. The molecule has 0 fully saturated rings. The first-order chi connectivity index (χ1) is 13.1. The zero-order valence-corrected chi connectivity index (χ0v) is 15.1. The molecule has 2 N–H and O–H groups in total. The fourth-order valence-corrected chi connectivity index (χ4v) is 2.99. The number of carbonyl (C=O) groups is 1. The SMILES string of the molecule is COc1cc2nc(c1)-c1n[nH]c3ccc(cc13)O[C@H](C)CCNC(=O)OC2. The smallest absolute Gasteiger partial charge is 0.407 e. The van der Waals surface area contributed by atoms with Crippen molar-refractivity contribution >= 4 is 17.0 Å². The van der Waals surface area contributed by atoms with E-state index in [1.54, 1.807) is 19.2 Å². The third-order valence-electron chi connectivity index (χ3n) is 4.37. The number of fused-ring (bicyclic) bond motifs is 4. The topological polar surface area (TPSA) is 98.4 Å². The van der Waals surface area contributed by atoms with Gasteiger partial charge in [-0.05, 0) is 25.1 Å². The van der Waals surface area contributed by atoms with Gasteiger partial charge >= 0.3 is 6.09 Å². The van der Waals surface area contributed by atoms with Crippen LogP contribution in [-0.2, 0) is 11.3 Å². The molecule has 140 valence electrons. The minimum atomic E-state index is -0.494. The molecule has 1 aliphatic heterocycles. The number of nitrogens with one attached hydrogen (secondary N) is 2. The highest BCUT2D eigenvalue weighted by Crippen LogP contribution is 2.31. The van der Waals surface area contributed by atoms with Crippen LogP contribution in [0.3, 0.4) is 0 Å². The Morgan fingerprint density at radius 1 is 1.26 bits per heavy atom. The summed E-state index contributed by atoms with van der Waals surface area (Å²) in [6.07, 6.45) is 0.0963. The summed E-state index contributed by atoms with van der Waals surface area (Å²) >= 11 is 0. The molecule has 27 heavy (non-hydrogen) atoms. The molecule has 1 aromatic carbocycles. The zero-order valence-electron chi connectivity index (χ0n) is 15.1. The number of H-pyrrole nitrogens is 1. The fraction of sp³-hybridized carbons (Fsp3) is 0.316. The summed E-state index contributed by atoms with van der Waals surface area (Å²) in [7, 11) is 1.58. The zero-order chi connectivity index (χ0) is 18.8. The molecule has 8 heteroatoms. The number of hydrogen-bond donors (Lipinski definition) is 2. The number of rotatable bonds is 1. The lowest BCUT2D eigenvalue weighted by atomic mass is 10.1. The molecule has 0 saturated heterocycles. The monoisotopic (exact) mass is 368 g/mol. The summed E-state index contributed by atoms with van der Waals surface area (Å²) in [5.74, 6) is 1.35. The maximum absolute atomic E-state index is 11.9. The maximum atomic E-state index is 11.9. The Kier molecular flexibility index (Phi) is 4.53. The van der Waals surface area contributed by atoms with Gasteiger partial charge in [0.05, 0.1) is 30.1 Å². The average Bonchev–Trinajstić information content (AvgIpc) is 3.08. The number of cyclic esters (lactones) is 1. The molecule has 3 heterocycles. The van der Waals surface area contributed by atoms with Crippen LogP contribution in [0.4, 0.5) is 4.79 Å². The third kappa shape index (κ3) is 3.64. The summed E-state index contributed by atoms with van der Waals surface area (Å²) in [5, 5.41) is 11.0. The first kappa shape index (κ1) is 17.1. The van der Waals surface area contributed by atoms with Gasteiger partial charge in [-0.15, -0.1) is 0 Å². The van der Waals surface area contributed by atoms with Crippen molar-refractivity contribution in [3.05, 3.63) is 36.0 Å². The highest BCUT2D eigenvalue weighted by atomic mass is 16.5. The summed E-state index contributed by atoms with van der Waals surface area (Å²) in [6, 6.07) is 9.30. The molecule has 0 spiro atoms. The van der Waals surface area contributed by atoms with Crippen LogP contribution in [0, 0.1) is 0 Å². The molecule has 4 bridgehead atoms. The van der Waals surface area contributed by atoms with Crippen LogP contribution in [0.15, 0.2) is 30.3 Å². The molecule has 1 amide bonds. The van der Waals surface area contributed by atoms with Gasteiger partial charge in [-0.3, -0.25) is 5.10 Å². The van der Waals surface area contributed by atoms with Crippen molar-refractivity contribution in [3.63, 3.8) is 0 Å². The van der Waals surface area contributed by atoms with Crippen LogP contribution < -0.4 is 14.8 Å². The molecule has 4 rings (SSSR count). The number of aromatic amines is 1. The number of ether oxygens (including phenoxy) is 3. The third-order valence-corrected chi connectivity index (χ3v) is 4.37. The van der Waals surface area contributed by atoms with E-state index in [4.69, 9.17) is 14.2 Å². The van der Waals surface area contributed by atoms with Crippen LogP contribution in [0.25, 0.3) is 22.3 Å². The number of pyridine rings is 1. The molecule has 1 atom stereocenters. The number of amides is 1. The van der Waals surface area contributed by atoms with E-state index in [2.05, 4.69) is 20.5 Å². The first-order valence-corrected chi connectivity index (χ1v) is 8.73. The Balaban J connectivity index is 1.83. The van der Waals surface area contributed by atoms with Gasteiger partial charge in [-0.1, -0.05) is 0 Å². The van der Waals surface area contributed by atoms with Gasteiger partial charge in [0.1, 0.15) is 23.8 Å². The Bertz CT molecular complexity index is 985. The van der Waals surface area contributed by atoms with Crippen LogP contribution in [0.5, 0.6) is 11.5 Å². The van der Waals surface area contributed by atoms with Crippen molar-refractivity contribution < 1.29 is 19.0 Å². The lowest BCUT2D eigenvalue weighted by Gasteiger charge is -2.15. The predicted molar refractivity (Wildman–Crippen MR) is 98.8 cm³/mol. The fourth-order valence-electron chi connectivity index (χ4n) is 2.99. The Hall–Kier alpha value is -3.29. The van der Waals surface area contributed by atoms with Crippen molar-refractivity contribution in [3.8, 4) is 22.9 Å². The molecule has 0 aliphatic carbocycles. The average molecular weight is 368 g/mol. The Labute approximate surface area is 155 Å². The van der Waals surface area contributed by atoms with Crippen LogP contribution >= 0.6 is 0 Å². The van der Waals surface area contributed by atoms with Gasteiger partial charge in [0.15, 0.2) is 0 Å². The number of alkyl carbamates (subject to hydrolysis) is 1. The van der Waals surface area contributed by atoms with Crippen molar-refractivity contribution in [2.45, 2.75) is 26.1 Å². The normalized spacial score (nSPS) is 17.4. The molecule has 8 nitrogen and oxygen atoms in total. The summed E-state index contributed by atoms with van der Waals surface area (Å²) < 4.78 is 16.6. The second-order valence-electron chi connectivity index (χ2n) is 6.38. The molecule has 0 unspecified atom stereocenters. The van der Waals surface area contributed by atoms with Crippen LogP contribution in [0.1, 0.15) is 19.0 Å². The molecular weight excluding hydrogens is 348 g/mol. The van der Waals surface area contributed by atoms with E-state index in [0.717, 1.165) is 16.7 Å². The number of benzene rings is 1. The number of aromatic nitrogens is 3. The van der Waals surface area contributed by atoms with E-state index in [0.29, 0.717) is 35.8 Å². The summed E-state index contributed by atoms with van der Waals surface area (Å²) in [5.41, 5.74) is 2.77. The van der Waals surface area contributed by atoms with Gasteiger partial charge in [0.25, 0.3) is 0 Å². The van der Waals surface area contributed by atoms with Gasteiger partial charge in [-0.2, -0.15) is 5.10 Å².